The lowest BCUT2D eigenvalue weighted by molar-refractivity contribution is 0.108. The summed E-state index contributed by atoms with van der Waals surface area (Å²) >= 11 is 3.06. The summed E-state index contributed by atoms with van der Waals surface area (Å²) in [6, 6.07) is 9.41. The molecule has 6 heteroatoms. The summed E-state index contributed by atoms with van der Waals surface area (Å²) < 4.78 is 2.00. The molecule has 4 nitrogen and oxygen atoms in total. The Hall–Kier alpha value is -1.27. The monoisotopic (exact) mass is 277 g/mol. The summed E-state index contributed by atoms with van der Waals surface area (Å²) in [4.78, 5) is 12.1. The van der Waals surface area contributed by atoms with Crippen molar-refractivity contribution in [1.82, 2.24) is 14.8 Å². The van der Waals surface area contributed by atoms with Gasteiger partial charge in [-0.15, -0.1) is 10.2 Å². The van der Waals surface area contributed by atoms with Crippen molar-refractivity contribution >= 4 is 28.6 Å². The molecule has 0 bridgehead atoms. The van der Waals surface area contributed by atoms with Crippen LogP contribution in [0.1, 0.15) is 10.4 Å². The third-order valence-corrected chi connectivity index (χ3v) is 5.12. The van der Waals surface area contributed by atoms with Crippen molar-refractivity contribution in [3.8, 4) is 0 Å². The van der Waals surface area contributed by atoms with E-state index >= 15 is 0 Å². The van der Waals surface area contributed by atoms with Crippen molar-refractivity contribution in [3.05, 3.63) is 42.2 Å². The number of carbonyl (C=O) groups is 1. The van der Waals surface area contributed by atoms with E-state index in [-0.39, 0.29) is 10.4 Å². The highest BCUT2D eigenvalue weighted by Gasteiger charge is 2.23. The number of hydrogen-bond acceptors (Lipinski definition) is 5. The van der Waals surface area contributed by atoms with Gasteiger partial charge in [0.15, 0.2) is 5.16 Å². The van der Waals surface area contributed by atoms with Crippen LogP contribution in [0.3, 0.4) is 0 Å². The second-order valence-electron chi connectivity index (χ2n) is 3.97. The molecule has 1 aliphatic rings. The average Bonchev–Trinajstić information content (AvgIpc) is 2.87. The first kappa shape index (κ1) is 11.8. The molecule has 0 radical (unpaired) electrons. The van der Waals surface area contributed by atoms with Crippen molar-refractivity contribution in [2.75, 3.05) is 5.75 Å². The van der Waals surface area contributed by atoms with Gasteiger partial charge < -0.3 is 4.57 Å². The molecule has 92 valence electrons. The van der Waals surface area contributed by atoms with Crippen LogP contribution in [-0.4, -0.2) is 30.9 Å². The molecule has 0 saturated heterocycles. The maximum absolute atomic E-state index is 12.1. The highest BCUT2D eigenvalue weighted by molar-refractivity contribution is 8.15. The molecule has 1 aromatic heterocycles. The summed E-state index contributed by atoms with van der Waals surface area (Å²) in [6.45, 7) is 0.804. The Labute approximate surface area is 113 Å². The maximum atomic E-state index is 12.1. The topological polar surface area (TPSA) is 47.8 Å². The Balaban J connectivity index is 1.67. The van der Waals surface area contributed by atoms with Crippen LogP contribution in [0, 0.1) is 0 Å². The van der Waals surface area contributed by atoms with E-state index in [0.717, 1.165) is 23.0 Å². The lowest BCUT2D eigenvalue weighted by Crippen LogP contribution is -2.22. The molecule has 1 unspecified atom stereocenters. The number of nitrogens with zero attached hydrogens (tertiary/aromatic N) is 3. The number of hydrogen-bond donors (Lipinski definition) is 0. The summed E-state index contributed by atoms with van der Waals surface area (Å²) in [7, 11) is 0. The van der Waals surface area contributed by atoms with Gasteiger partial charge in [0, 0.05) is 23.1 Å². The van der Waals surface area contributed by atoms with Crippen LogP contribution in [0.15, 0.2) is 41.8 Å². The molecule has 0 fully saturated rings. The van der Waals surface area contributed by atoms with Crippen LogP contribution in [0.5, 0.6) is 0 Å². The molecule has 1 aromatic carbocycles. The molecule has 0 aliphatic carbocycles. The minimum atomic E-state index is 0.137. The summed E-state index contributed by atoms with van der Waals surface area (Å²) in [5, 5.41) is 9.25. The summed E-state index contributed by atoms with van der Waals surface area (Å²) in [5.74, 6) is 0.905. The van der Waals surface area contributed by atoms with Gasteiger partial charge in [-0.3, -0.25) is 4.79 Å². The average molecular weight is 277 g/mol. The zero-order valence-corrected chi connectivity index (χ0v) is 11.2. The molecule has 1 atom stereocenters. The predicted octanol–water partition coefficient (Wildman–Crippen LogP) is 2.33. The summed E-state index contributed by atoms with van der Waals surface area (Å²) in [6.07, 6.45) is 1.72. The summed E-state index contributed by atoms with van der Waals surface area (Å²) in [5.41, 5.74) is 0.766. The van der Waals surface area contributed by atoms with Crippen molar-refractivity contribution in [2.24, 2.45) is 0 Å². The van der Waals surface area contributed by atoms with Crippen LogP contribution in [0.25, 0.3) is 0 Å². The predicted molar refractivity (Wildman–Crippen MR) is 72.9 cm³/mol. The molecule has 2 heterocycles. The molecule has 1 aliphatic heterocycles. The van der Waals surface area contributed by atoms with E-state index in [2.05, 4.69) is 10.2 Å². The Bertz CT molecular complexity index is 555. The largest absolute Gasteiger partial charge is 0.307 e. The SMILES string of the molecule is O=C(SC1CSc2nncn2C1)c1ccccc1. The van der Waals surface area contributed by atoms with E-state index in [1.165, 1.54) is 11.8 Å². The van der Waals surface area contributed by atoms with Crippen LogP contribution in [0.4, 0.5) is 0 Å². The molecule has 0 spiro atoms. The van der Waals surface area contributed by atoms with Crippen LogP contribution in [0.2, 0.25) is 0 Å². The molecular formula is C12H11N3OS2. The van der Waals surface area contributed by atoms with E-state index < -0.39 is 0 Å². The van der Waals surface area contributed by atoms with Gasteiger partial charge in [-0.25, -0.2) is 0 Å². The van der Waals surface area contributed by atoms with Gasteiger partial charge in [0.05, 0.1) is 0 Å². The van der Waals surface area contributed by atoms with E-state index in [9.17, 15) is 4.79 Å². The third-order valence-electron chi connectivity index (χ3n) is 2.66. The van der Waals surface area contributed by atoms with Gasteiger partial charge in [-0.2, -0.15) is 0 Å². The van der Waals surface area contributed by atoms with E-state index in [1.54, 1.807) is 18.1 Å². The number of benzene rings is 1. The zero-order chi connectivity index (χ0) is 12.4. The Morgan fingerprint density at radius 1 is 1.39 bits per heavy atom. The van der Waals surface area contributed by atoms with E-state index in [4.69, 9.17) is 0 Å². The standard InChI is InChI=1S/C12H11N3OS2/c16-11(9-4-2-1-3-5-9)18-10-6-15-8-13-14-12(15)17-7-10/h1-5,8,10H,6-7H2. The molecule has 18 heavy (non-hydrogen) atoms. The van der Waals surface area contributed by atoms with Gasteiger partial charge in [0.1, 0.15) is 6.33 Å². The zero-order valence-electron chi connectivity index (χ0n) is 9.52. The highest BCUT2D eigenvalue weighted by Crippen LogP contribution is 2.30. The Morgan fingerprint density at radius 3 is 3.06 bits per heavy atom. The first-order valence-corrected chi connectivity index (χ1v) is 7.46. The van der Waals surface area contributed by atoms with Gasteiger partial charge in [-0.05, 0) is 0 Å². The number of aromatic nitrogens is 3. The normalized spacial score (nSPS) is 18.3. The van der Waals surface area contributed by atoms with Crippen molar-refractivity contribution in [1.29, 1.82) is 0 Å². The Kier molecular flexibility index (Phi) is 3.38. The van der Waals surface area contributed by atoms with Gasteiger partial charge in [0.25, 0.3) is 0 Å². The fraction of sp³-hybridized carbons (Fsp3) is 0.250. The fourth-order valence-electron chi connectivity index (χ4n) is 1.79. The van der Waals surface area contributed by atoms with E-state index in [0.29, 0.717) is 0 Å². The second kappa shape index (κ2) is 5.16. The van der Waals surface area contributed by atoms with Crippen molar-refractivity contribution in [2.45, 2.75) is 17.0 Å². The lowest BCUT2D eigenvalue weighted by atomic mass is 10.2. The molecular weight excluding hydrogens is 266 g/mol. The fourth-order valence-corrected chi connectivity index (χ4v) is 3.90. The maximum Gasteiger partial charge on any atom is 0.219 e. The lowest BCUT2D eigenvalue weighted by Gasteiger charge is -2.21. The van der Waals surface area contributed by atoms with Crippen molar-refractivity contribution < 1.29 is 4.79 Å². The minimum Gasteiger partial charge on any atom is -0.307 e. The van der Waals surface area contributed by atoms with Crippen molar-refractivity contribution in [3.63, 3.8) is 0 Å². The van der Waals surface area contributed by atoms with Gasteiger partial charge in [-0.1, -0.05) is 53.9 Å². The van der Waals surface area contributed by atoms with Gasteiger partial charge in [0.2, 0.25) is 5.12 Å². The Morgan fingerprint density at radius 2 is 2.22 bits per heavy atom. The molecule has 0 N–H and O–H groups in total. The second-order valence-corrected chi connectivity index (χ2v) is 6.23. The van der Waals surface area contributed by atoms with Crippen LogP contribution >= 0.6 is 23.5 Å². The number of rotatable bonds is 2. The number of thioether (sulfide) groups is 2. The quantitative estimate of drug-likeness (QED) is 0.843. The van der Waals surface area contributed by atoms with E-state index in [1.807, 2.05) is 34.9 Å². The smallest absolute Gasteiger partial charge is 0.219 e. The first-order chi connectivity index (χ1) is 8.83. The van der Waals surface area contributed by atoms with Crippen LogP contribution in [-0.2, 0) is 6.54 Å². The molecule has 3 rings (SSSR count). The number of carbonyl (C=O) groups excluding carboxylic acids is 1. The number of fused-ring (bicyclic) bond motifs is 1. The molecule has 2 aromatic rings. The minimum absolute atomic E-state index is 0.137. The molecule has 0 saturated carbocycles. The third kappa shape index (κ3) is 2.44. The van der Waals surface area contributed by atoms with Crippen LogP contribution < -0.4 is 0 Å². The molecule has 0 amide bonds. The first-order valence-electron chi connectivity index (χ1n) is 5.59. The van der Waals surface area contributed by atoms with Gasteiger partial charge >= 0.3 is 0 Å². The highest BCUT2D eigenvalue weighted by atomic mass is 32.2.